The van der Waals surface area contributed by atoms with Gasteiger partial charge in [-0.15, -0.1) is 0 Å². The van der Waals surface area contributed by atoms with Crippen molar-refractivity contribution in [3.8, 4) is 0 Å². The molecule has 1 aliphatic carbocycles. The summed E-state index contributed by atoms with van der Waals surface area (Å²) in [4.78, 5) is 26.6. The lowest BCUT2D eigenvalue weighted by molar-refractivity contribution is -0.138. The first-order valence-electron chi connectivity index (χ1n) is 6.96. The van der Waals surface area contributed by atoms with E-state index in [1.54, 1.807) is 4.90 Å². The van der Waals surface area contributed by atoms with Gasteiger partial charge >= 0.3 is 0 Å². The summed E-state index contributed by atoms with van der Waals surface area (Å²) >= 11 is 0. The highest BCUT2D eigenvalue weighted by Gasteiger charge is 2.38. The van der Waals surface area contributed by atoms with Crippen molar-refractivity contribution in [1.82, 2.24) is 9.80 Å². The van der Waals surface area contributed by atoms with Crippen molar-refractivity contribution in [3.05, 3.63) is 0 Å². The minimum absolute atomic E-state index is 0.0729. The molecule has 0 aromatic heterocycles. The summed E-state index contributed by atoms with van der Waals surface area (Å²) < 4.78 is 24.9. The van der Waals surface area contributed by atoms with Crippen LogP contribution in [0.4, 0.5) is 8.78 Å². The number of halogens is 2. The summed E-state index contributed by atoms with van der Waals surface area (Å²) in [5, 5.41) is 8.86. The lowest BCUT2D eigenvalue weighted by atomic mass is 10.1. The van der Waals surface area contributed by atoms with E-state index in [9.17, 15) is 18.4 Å². The van der Waals surface area contributed by atoms with Crippen LogP contribution in [0.5, 0.6) is 0 Å². The van der Waals surface area contributed by atoms with E-state index in [4.69, 9.17) is 5.11 Å². The van der Waals surface area contributed by atoms with E-state index in [0.29, 0.717) is 19.0 Å². The number of amides is 2. The summed E-state index contributed by atoms with van der Waals surface area (Å²) in [6, 6.07) is 0. The number of nitrogens with zero attached hydrogens (tertiary/aromatic N) is 2. The molecule has 0 radical (unpaired) electrons. The van der Waals surface area contributed by atoms with Gasteiger partial charge in [-0.3, -0.25) is 9.59 Å². The highest BCUT2D eigenvalue weighted by atomic mass is 19.3. The molecule has 2 aliphatic rings. The van der Waals surface area contributed by atoms with Crippen LogP contribution < -0.4 is 0 Å². The Morgan fingerprint density at radius 1 is 1.45 bits per heavy atom. The molecule has 1 aliphatic heterocycles. The molecule has 2 rings (SSSR count). The second kappa shape index (κ2) is 6.47. The lowest BCUT2D eigenvalue weighted by Gasteiger charge is -2.24. The molecule has 114 valence electrons. The van der Waals surface area contributed by atoms with E-state index in [2.05, 4.69) is 0 Å². The van der Waals surface area contributed by atoms with Gasteiger partial charge in [-0.25, -0.2) is 8.78 Å². The van der Waals surface area contributed by atoms with E-state index in [0.717, 1.165) is 17.7 Å². The number of aliphatic hydroxyl groups excluding tert-OH is 1. The number of aliphatic hydroxyl groups is 1. The zero-order valence-electron chi connectivity index (χ0n) is 11.3. The van der Waals surface area contributed by atoms with Crippen molar-refractivity contribution in [3.63, 3.8) is 0 Å². The van der Waals surface area contributed by atoms with Crippen LogP contribution >= 0.6 is 0 Å². The Bertz CT molecular complexity index is 375. The van der Waals surface area contributed by atoms with E-state index < -0.39 is 24.8 Å². The van der Waals surface area contributed by atoms with Gasteiger partial charge in [0.15, 0.2) is 0 Å². The molecule has 1 atom stereocenters. The summed E-state index contributed by atoms with van der Waals surface area (Å²) in [6.45, 7) is -0.162. The number of alkyl halides is 2. The summed E-state index contributed by atoms with van der Waals surface area (Å²) in [6.07, 6.45) is -0.309. The van der Waals surface area contributed by atoms with E-state index in [1.807, 2.05) is 0 Å². The molecule has 5 nitrogen and oxygen atoms in total. The molecule has 0 aromatic carbocycles. The molecule has 1 heterocycles. The first-order chi connectivity index (χ1) is 9.51. The van der Waals surface area contributed by atoms with Gasteiger partial charge in [0.05, 0.1) is 19.1 Å². The fourth-order valence-electron chi connectivity index (χ4n) is 2.56. The first kappa shape index (κ1) is 15.2. The van der Waals surface area contributed by atoms with Crippen LogP contribution in [0.15, 0.2) is 0 Å². The van der Waals surface area contributed by atoms with Crippen molar-refractivity contribution >= 4 is 11.8 Å². The Morgan fingerprint density at radius 3 is 2.70 bits per heavy atom. The number of hydrogen-bond donors (Lipinski definition) is 1. The normalized spacial score (nSPS) is 22.7. The molecule has 0 aromatic rings. The molecular weight excluding hydrogens is 270 g/mol. The zero-order chi connectivity index (χ0) is 14.7. The molecule has 1 N–H and O–H groups in total. The standard InChI is InChI=1S/C13H20F2N2O3/c14-11(15)8-16(3-4-18)13(20)10-5-12(19)17(7-10)6-9-1-2-9/h9-11,18H,1-8H2. The van der Waals surface area contributed by atoms with Crippen LogP contribution in [0.1, 0.15) is 19.3 Å². The van der Waals surface area contributed by atoms with Crippen LogP contribution in [-0.4, -0.2) is 65.9 Å². The van der Waals surface area contributed by atoms with Gasteiger partial charge in [-0.05, 0) is 18.8 Å². The maximum Gasteiger partial charge on any atom is 0.255 e. The molecule has 0 bridgehead atoms. The summed E-state index contributed by atoms with van der Waals surface area (Å²) in [7, 11) is 0. The number of rotatable bonds is 7. The minimum Gasteiger partial charge on any atom is -0.395 e. The fraction of sp³-hybridized carbons (Fsp3) is 0.846. The van der Waals surface area contributed by atoms with Crippen LogP contribution in [0.3, 0.4) is 0 Å². The zero-order valence-corrected chi connectivity index (χ0v) is 11.3. The molecule has 7 heteroatoms. The molecule has 1 unspecified atom stereocenters. The third-order valence-corrected chi connectivity index (χ3v) is 3.78. The quantitative estimate of drug-likeness (QED) is 0.735. The van der Waals surface area contributed by atoms with Crippen molar-refractivity contribution in [2.45, 2.75) is 25.7 Å². The third kappa shape index (κ3) is 3.88. The van der Waals surface area contributed by atoms with Crippen LogP contribution in [0.25, 0.3) is 0 Å². The lowest BCUT2D eigenvalue weighted by Crippen LogP contribution is -2.41. The molecule has 20 heavy (non-hydrogen) atoms. The predicted octanol–water partition coefficient (Wildman–Crippen LogP) is 0.331. The van der Waals surface area contributed by atoms with Crippen LogP contribution in [-0.2, 0) is 9.59 Å². The van der Waals surface area contributed by atoms with Crippen molar-refractivity contribution in [1.29, 1.82) is 0 Å². The largest absolute Gasteiger partial charge is 0.395 e. The number of carbonyl (C=O) groups is 2. The van der Waals surface area contributed by atoms with Crippen molar-refractivity contribution in [2.75, 3.05) is 32.8 Å². The molecule has 2 amide bonds. The number of carbonyl (C=O) groups excluding carboxylic acids is 2. The Labute approximate surface area is 116 Å². The topological polar surface area (TPSA) is 60.9 Å². The molecule has 2 fully saturated rings. The van der Waals surface area contributed by atoms with Gasteiger partial charge in [-0.2, -0.15) is 0 Å². The van der Waals surface area contributed by atoms with E-state index in [1.165, 1.54) is 0 Å². The second-order valence-electron chi connectivity index (χ2n) is 5.54. The highest BCUT2D eigenvalue weighted by Crippen LogP contribution is 2.32. The smallest absolute Gasteiger partial charge is 0.255 e. The average Bonchev–Trinajstić information content (AvgIpc) is 3.11. The first-order valence-corrected chi connectivity index (χ1v) is 6.96. The van der Waals surface area contributed by atoms with Crippen LogP contribution in [0, 0.1) is 11.8 Å². The van der Waals surface area contributed by atoms with Gasteiger partial charge in [0.2, 0.25) is 11.8 Å². The molecule has 0 spiro atoms. The van der Waals surface area contributed by atoms with Crippen molar-refractivity contribution < 1.29 is 23.5 Å². The van der Waals surface area contributed by atoms with Gasteiger partial charge in [0, 0.05) is 26.1 Å². The van der Waals surface area contributed by atoms with E-state index in [-0.39, 0.29) is 25.5 Å². The fourth-order valence-corrected chi connectivity index (χ4v) is 2.56. The van der Waals surface area contributed by atoms with E-state index >= 15 is 0 Å². The number of likely N-dealkylation sites (tertiary alicyclic amines) is 1. The second-order valence-corrected chi connectivity index (χ2v) is 5.54. The summed E-state index contributed by atoms with van der Waals surface area (Å²) in [5.41, 5.74) is 0. The molecule has 1 saturated carbocycles. The number of hydrogen-bond acceptors (Lipinski definition) is 3. The monoisotopic (exact) mass is 290 g/mol. The Balaban J connectivity index is 1.91. The maximum absolute atomic E-state index is 12.4. The average molecular weight is 290 g/mol. The summed E-state index contributed by atoms with van der Waals surface area (Å²) in [5.74, 6) is -0.531. The van der Waals surface area contributed by atoms with Crippen LogP contribution in [0.2, 0.25) is 0 Å². The molecule has 1 saturated heterocycles. The maximum atomic E-state index is 12.4. The Kier molecular flexibility index (Phi) is 4.91. The van der Waals surface area contributed by atoms with Gasteiger partial charge < -0.3 is 14.9 Å². The molecular formula is C13H20F2N2O3. The van der Waals surface area contributed by atoms with Crippen molar-refractivity contribution in [2.24, 2.45) is 11.8 Å². The Hall–Kier alpha value is -1.24. The minimum atomic E-state index is -2.63. The Morgan fingerprint density at radius 2 is 2.15 bits per heavy atom. The SMILES string of the molecule is O=C1CC(C(=O)N(CCO)CC(F)F)CN1CC1CC1. The third-order valence-electron chi connectivity index (χ3n) is 3.78. The highest BCUT2D eigenvalue weighted by molar-refractivity contribution is 5.89. The van der Waals surface area contributed by atoms with Gasteiger partial charge in [-0.1, -0.05) is 0 Å². The predicted molar refractivity (Wildman–Crippen MR) is 67.1 cm³/mol. The van der Waals surface area contributed by atoms with Gasteiger partial charge in [0.1, 0.15) is 0 Å². The van der Waals surface area contributed by atoms with Gasteiger partial charge in [0.25, 0.3) is 6.43 Å².